The molecular formula is C23H27N3O4. The summed E-state index contributed by atoms with van der Waals surface area (Å²) in [5, 5.41) is 4.02. The predicted molar refractivity (Wildman–Crippen MR) is 111 cm³/mol. The second-order valence-corrected chi connectivity index (χ2v) is 7.97. The zero-order chi connectivity index (χ0) is 21.1. The van der Waals surface area contributed by atoms with Crippen LogP contribution >= 0.6 is 0 Å². The highest BCUT2D eigenvalue weighted by Crippen LogP contribution is 2.32. The topological polar surface area (TPSA) is 81.6 Å². The van der Waals surface area contributed by atoms with Crippen molar-refractivity contribution in [3.05, 3.63) is 65.2 Å². The molecule has 1 atom stereocenters. The molecule has 0 N–H and O–H groups in total. The second-order valence-electron chi connectivity index (χ2n) is 7.97. The molecule has 4 rings (SSSR count). The van der Waals surface area contributed by atoms with Gasteiger partial charge in [-0.05, 0) is 42.9 Å². The van der Waals surface area contributed by atoms with Crippen molar-refractivity contribution in [3.63, 3.8) is 0 Å². The second kappa shape index (κ2) is 8.73. The minimum atomic E-state index is -0.196. The maximum absolute atomic E-state index is 13.1. The van der Waals surface area contributed by atoms with Gasteiger partial charge in [-0.1, -0.05) is 31.1 Å². The molecule has 1 saturated heterocycles. The van der Waals surface area contributed by atoms with Gasteiger partial charge in [0.2, 0.25) is 11.7 Å². The van der Waals surface area contributed by atoms with Crippen LogP contribution in [0.25, 0.3) is 0 Å². The Labute approximate surface area is 176 Å². The molecule has 0 aliphatic carbocycles. The van der Waals surface area contributed by atoms with Crippen LogP contribution in [0.4, 0.5) is 0 Å². The summed E-state index contributed by atoms with van der Waals surface area (Å²) in [6.45, 7) is 4.69. The molecule has 1 amide bonds. The molecule has 2 aromatic heterocycles. The number of hydrogen-bond donors (Lipinski definition) is 0. The molecule has 0 unspecified atom stereocenters. The number of likely N-dealkylation sites (tertiary alicyclic amines) is 1. The molecule has 1 aliphatic rings. The molecule has 0 spiro atoms. The van der Waals surface area contributed by atoms with E-state index >= 15 is 0 Å². The van der Waals surface area contributed by atoms with Crippen LogP contribution in [0.1, 0.15) is 78.5 Å². The number of ether oxygens (including phenoxy) is 1. The fourth-order valence-corrected chi connectivity index (χ4v) is 3.78. The lowest BCUT2D eigenvalue weighted by Crippen LogP contribution is -2.38. The number of nitrogens with zero attached hydrogens (tertiary/aromatic N) is 3. The van der Waals surface area contributed by atoms with E-state index in [0.717, 1.165) is 42.0 Å². The van der Waals surface area contributed by atoms with E-state index in [0.29, 0.717) is 18.9 Å². The molecule has 1 aromatic carbocycles. The number of hydrogen-bond acceptors (Lipinski definition) is 6. The van der Waals surface area contributed by atoms with Crippen LogP contribution in [0.3, 0.4) is 0 Å². The molecule has 0 radical (unpaired) electrons. The lowest BCUT2D eigenvalue weighted by atomic mass is 10.0. The highest BCUT2D eigenvalue weighted by Gasteiger charge is 2.33. The summed E-state index contributed by atoms with van der Waals surface area (Å²) in [7, 11) is 1.65. The van der Waals surface area contributed by atoms with E-state index in [1.807, 2.05) is 38.1 Å². The Morgan fingerprint density at radius 1 is 1.30 bits per heavy atom. The summed E-state index contributed by atoms with van der Waals surface area (Å²) in [6, 6.07) is 9.41. The van der Waals surface area contributed by atoms with Gasteiger partial charge in [0.1, 0.15) is 17.6 Å². The first-order valence-electron chi connectivity index (χ1n) is 10.4. The quantitative estimate of drug-likeness (QED) is 0.584. The van der Waals surface area contributed by atoms with Crippen LogP contribution in [0.2, 0.25) is 0 Å². The maximum Gasteiger partial charge on any atom is 0.293 e. The number of piperidine rings is 1. The Balaban J connectivity index is 1.52. The van der Waals surface area contributed by atoms with Crippen LogP contribution in [0.15, 0.2) is 45.5 Å². The van der Waals surface area contributed by atoms with Gasteiger partial charge in [0, 0.05) is 19.0 Å². The van der Waals surface area contributed by atoms with Crippen LogP contribution in [-0.4, -0.2) is 34.6 Å². The first-order valence-corrected chi connectivity index (χ1v) is 10.4. The van der Waals surface area contributed by atoms with Gasteiger partial charge in [-0.3, -0.25) is 4.79 Å². The number of aromatic nitrogens is 2. The third-order valence-electron chi connectivity index (χ3n) is 5.46. The summed E-state index contributed by atoms with van der Waals surface area (Å²) in [5.41, 5.74) is 1.86. The van der Waals surface area contributed by atoms with Crippen molar-refractivity contribution in [2.45, 2.75) is 51.5 Å². The number of rotatable bonds is 6. The predicted octanol–water partition coefficient (Wildman–Crippen LogP) is 4.75. The van der Waals surface area contributed by atoms with Crippen molar-refractivity contribution in [3.8, 4) is 5.75 Å². The third kappa shape index (κ3) is 4.25. The molecule has 7 nitrogen and oxygen atoms in total. The van der Waals surface area contributed by atoms with Crippen molar-refractivity contribution in [2.75, 3.05) is 13.7 Å². The molecule has 0 bridgehead atoms. The Morgan fingerprint density at radius 2 is 2.17 bits per heavy atom. The molecule has 30 heavy (non-hydrogen) atoms. The SMILES string of the molecule is COc1cccc(Cc2cnc([C@@H]3CCCCN3C(=O)c3cc(C(C)C)no3)o2)c1. The normalized spacial score (nSPS) is 16.8. The zero-order valence-corrected chi connectivity index (χ0v) is 17.6. The van der Waals surface area contributed by atoms with E-state index in [9.17, 15) is 4.79 Å². The Kier molecular flexibility index (Phi) is 5.88. The van der Waals surface area contributed by atoms with Gasteiger partial charge in [0.05, 0.1) is 19.0 Å². The van der Waals surface area contributed by atoms with Gasteiger partial charge >= 0.3 is 0 Å². The van der Waals surface area contributed by atoms with Gasteiger partial charge in [-0.25, -0.2) is 4.98 Å². The van der Waals surface area contributed by atoms with Crippen molar-refractivity contribution < 1.29 is 18.5 Å². The van der Waals surface area contributed by atoms with Crippen LogP contribution in [0, 0.1) is 0 Å². The van der Waals surface area contributed by atoms with Crippen molar-refractivity contribution in [2.24, 2.45) is 0 Å². The first-order chi connectivity index (χ1) is 14.5. The highest BCUT2D eigenvalue weighted by molar-refractivity contribution is 5.91. The lowest BCUT2D eigenvalue weighted by Gasteiger charge is -2.32. The molecule has 158 valence electrons. The first kappa shape index (κ1) is 20.2. The van der Waals surface area contributed by atoms with Gasteiger partial charge < -0.3 is 18.6 Å². The summed E-state index contributed by atoms with van der Waals surface area (Å²) in [6.07, 6.45) is 5.15. The van der Waals surface area contributed by atoms with E-state index in [1.165, 1.54) is 0 Å². The number of benzene rings is 1. The molecule has 1 aliphatic heterocycles. The average molecular weight is 409 g/mol. The molecular weight excluding hydrogens is 382 g/mol. The highest BCUT2D eigenvalue weighted by atomic mass is 16.5. The summed E-state index contributed by atoms with van der Waals surface area (Å²) < 4.78 is 16.7. The van der Waals surface area contributed by atoms with Crippen molar-refractivity contribution in [1.82, 2.24) is 15.0 Å². The number of carbonyl (C=O) groups excluding carboxylic acids is 1. The number of oxazole rings is 1. The minimum absolute atomic E-state index is 0.161. The third-order valence-corrected chi connectivity index (χ3v) is 5.46. The Morgan fingerprint density at radius 3 is 2.93 bits per heavy atom. The number of methoxy groups -OCH3 is 1. The van der Waals surface area contributed by atoms with E-state index < -0.39 is 0 Å². The van der Waals surface area contributed by atoms with E-state index in [1.54, 1.807) is 24.3 Å². The largest absolute Gasteiger partial charge is 0.497 e. The molecule has 1 fully saturated rings. The molecule has 7 heteroatoms. The Bertz CT molecular complexity index is 1010. The summed E-state index contributed by atoms with van der Waals surface area (Å²) in [4.78, 5) is 19.4. The van der Waals surface area contributed by atoms with Crippen LogP contribution in [-0.2, 0) is 6.42 Å². The number of amides is 1. The van der Waals surface area contributed by atoms with Crippen molar-refractivity contribution >= 4 is 5.91 Å². The van der Waals surface area contributed by atoms with E-state index in [2.05, 4.69) is 10.1 Å². The minimum Gasteiger partial charge on any atom is -0.497 e. The smallest absolute Gasteiger partial charge is 0.293 e. The van der Waals surface area contributed by atoms with Crippen LogP contribution in [0.5, 0.6) is 5.75 Å². The van der Waals surface area contributed by atoms with Gasteiger partial charge in [0.15, 0.2) is 0 Å². The van der Waals surface area contributed by atoms with Gasteiger partial charge in [0.25, 0.3) is 5.91 Å². The van der Waals surface area contributed by atoms with Gasteiger partial charge in [-0.15, -0.1) is 0 Å². The molecule has 3 aromatic rings. The summed E-state index contributed by atoms with van der Waals surface area (Å²) in [5.74, 6) is 2.46. The average Bonchev–Trinajstić information content (AvgIpc) is 3.43. The monoisotopic (exact) mass is 409 g/mol. The lowest BCUT2D eigenvalue weighted by molar-refractivity contribution is 0.0528. The van der Waals surface area contributed by atoms with Crippen molar-refractivity contribution in [1.29, 1.82) is 0 Å². The van der Waals surface area contributed by atoms with E-state index in [-0.39, 0.29) is 23.6 Å². The molecule has 0 saturated carbocycles. The number of carbonyl (C=O) groups is 1. The fourth-order valence-electron chi connectivity index (χ4n) is 3.78. The summed E-state index contributed by atoms with van der Waals surface area (Å²) >= 11 is 0. The molecule has 3 heterocycles. The van der Waals surface area contributed by atoms with Crippen LogP contribution < -0.4 is 4.74 Å². The fraction of sp³-hybridized carbons (Fsp3) is 0.435. The van der Waals surface area contributed by atoms with Gasteiger partial charge in [-0.2, -0.15) is 0 Å². The van der Waals surface area contributed by atoms with E-state index in [4.69, 9.17) is 13.7 Å². The zero-order valence-electron chi connectivity index (χ0n) is 17.6. The Hall–Kier alpha value is -3.09. The maximum atomic E-state index is 13.1. The standard InChI is InChI=1S/C23H27N3O4/c1-15(2)19-13-21(30-25-19)23(27)26-10-5-4-9-20(26)22-24-14-18(29-22)12-16-7-6-8-17(11-16)28-3/h6-8,11,13-15,20H,4-5,9-10,12H2,1-3H3/t20-/m0/s1.